The number of halogens is 1. The summed E-state index contributed by atoms with van der Waals surface area (Å²) in [5.74, 6) is 0.262. The van der Waals surface area contributed by atoms with Gasteiger partial charge in [-0.05, 0) is 12.1 Å². The van der Waals surface area contributed by atoms with Crippen molar-refractivity contribution in [2.75, 3.05) is 23.9 Å². The number of urea groups is 1. The Labute approximate surface area is 122 Å². The van der Waals surface area contributed by atoms with Crippen LogP contribution in [0.4, 0.5) is 10.5 Å². The van der Waals surface area contributed by atoms with Crippen molar-refractivity contribution >= 4 is 33.2 Å². The van der Waals surface area contributed by atoms with Gasteiger partial charge in [0.1, 0.15) is 5.75 Å². The van der Waals surface area contributed by atoms with E-state index < -0.39 is 27.3 Å². The van der Waals surface area contributed by atoms with Gasteiger partial charge in [0.05, 0.1) is 35.7 Å². The van der Waals surface area contributed by atoms with Gasteiger partial charge in [-0.1, -0.05) is 12.1 Å². The van der Waals surface area contributed by atoms with Crippen LogP contribution in [0.3, 0.4) is 0 Å². The predicted molar refractivity (Wildman–Crippen MR) is 77.2 cm³/mol. The molecule has 1 aromatic carbocycles. The van der Waals surface area contributed by atoms with Gasteiger partial charge in [-0.15, -0.1) is 11.6 Å². The summed E-state index contributed by atoms with van der Waals surface area (Å²) in [5, 5.41) is 4.57. The van der Waals surface area contributed by atoms with Gasteiger partial charge in [0.2, 0.25) is 0 Å². The van der Waals surface area contributed by atoms with Crippen molar-refractivity contribution in [1.82, 2.24) is 5.32 Å². The molecule has 2 amide bonds. The number of para-hydroxylation sites is 2. The van der Waals surface area contributed by atoms with Crippen LogP contribution in [0.15, 0.2) is 24.3 Å². The zero-order chi connectivity index (χ0) is 14.8. The normalized spacial score (nSPS) is 24.1. The monoisotopic (exact) mass is 318 g/mol. The van der Waals surface area contributed by atoms with Crippen LogP contribution in [0, 0.1) is 0 Å². The van der Waals surface area contributed by atoms with Crippen LogP contribution in [0.2, 0.25) is 0 Å². The molecular formula is C12H15ClN2O4S. The number of benzene rings is 1. The fourth-order valence-electron chi connectivity index (χ4n) is 2.01. The molecule has 2 N–H and O–H groups in total. The largest absolute Gasteiger partial charge is 0.495 e. The molecule has 8 heteroatoms. The number of hydrogen-bond acceptors (Lipinski definition) is 4. The molecule has 1 aliphatic rings. The highest BCUT2D eigenvalue weighted by Crippen LogP contribution is 2.23. The minimum Gasteiger partial charge on any atom is -0.495 e. The SMILES string of the molecule is COc1ccccc1NC(=O)N[C@@H]1CS(=O)(=O)C[C@H]1Cl. The molecule has 1 heterocycles. The molecule has 0 aromatic heterocycles. The van der Waals surface area contributed by atoms with E-state index in [-0.39, 0.29) is 11.5 Å². The molecule has 0 unspecified atom stereocenters. The molecule has 2 rings (SSSR count). The van der Waals surface area contributed by atoms with E-state index in [4.69, 9.17) is 16.3 Å². The Balaban J connectivity index is 2.00. The summed E-state index contributed by atoms with van der Waals surface area (Å²) in [6.07, 6.45) is 0. The van der Waals surface area contributed by atoms with Gasteiger partial charge in [-0.2, -0.15) is 0 Å². The van der Waals surface area contributed by atoms with E-state index in [1.54, 1.807) is 24.3 Å². The number of methoxy groups -OCH3 is 1. The first-order valence-corrected chi connectivity index (χ1v) is 8.22. The quantitative estimate of drug-likeness (QED) is 0.821. The van der Waals surface area contributed by atoms with E-state index >= 15 is 0 Å². The molecule has 20 heavy (non-hydrogen) atoms. The number of rotatable bonds is 3. The molecule has 1 fully saturated rings. The van der Waals surface area contributed by atoms with Gasteiger partial charge in [-0.3, -0.25) is 0 Å². The lowest BCUT2D eigenvalue weighted by molar-refractivity contribution is 0.249. The third-order valence-corrected chi connectivity index (χ3v) is 5.33. The molecule has 0 bridgehead atoms. The number of carbonyl (C=O) groups is 1. The molecule has 2 atom stereocenters. The Morgan fingerprint density at radius 2 is 2.05 bits per heavy atom. The molecule has 6 nitrogen and oxygen atoms in total. The standard InChI is InChI=1S/C12H15ClN2O4S/c1-19-11-5-3-2-4-9(11)14-12(16)15-10-7-20(17,18)6-8(10)13/h2-5,8,10H,6-7H2,1H3,(H2,14,15,16)/t8-,10-/m1/s1. The summed E-state index contributed by atoms with van der Waals surface area (Å²) in [6, 6.07) is 5.82. The molecular weight excluding hydrogens is 304 g/mol. The Morgan fingerprint density at radius 3 is 2.65 bits per heavy atom. The van der Waals surface area contributed by atoms with E-state index in [0.29, 0.717) is 11.4 Å². The number of nitrogens with one attached hydrogen (secondary N) is 2. The van der Waals surface area contributed by atoms with Crippen LogP contribution in [0.25, 0.3) is 0 Å². The molecule has 0 aliphatic carbocycles. The number of ether oxygens (including phenoxy) is 1. The van der Waals surface area contributed by atoms with Crippen molar-refractivity contribution in [3.8, 4) is 5.75 Å². The highest BCUT2D eigenvalue weighted by Gasteiger charge is 2.37. The van der Waals surface area contributed by atoms with Crippen LogP contribution < -0.4 is 15.4 Å². The highest BCUT2D eigenvalue weighted by molar-refractivity contribution is 7.91. The van der Waals surface area contributed by atoms with Crippen molar-refractivity contribution in [1.29, 1.82) is 0 Å². The van der Waals surface area contributed by atoms with Gasteiger partial charge >= 0.3 is 6.03 Å². The summed E-state index contributed by atoms with van der Waals surface area (Å²) < 4.78 is 27.9. The second-order valence-electron chi connectivity index (χ2n) is 4.50. The molecule has 110 valence electrons. The van der Waals surface area contributed by atoms with Crippen molar-refractivity contribution in [3.05, 3.63) is 24.3 Å². The summed E-state index contributed by atoms with van der Waals surface area (Å²) >= 11 is 5.92. The fraction of sp³-hybridized carbons (Fsp3) is 0.417. The minimum absolute atomic E-state index is 0.117. The number of anilines is 1. The van der Waals surface area contributed by atoms with Gasteiger partial charge < -0.3 is 15.4 Å². The third kappa shape index (κ3) is 3.55. The van der Waals surface area contributed by atoms with Gasteiger partial charge in [-0.25, -0.2) is 13.2 Å². The van der Waals surface area contributed by atoms with Crippen LogP contribution in [0.5, 0.6) is 5.75 Å². The number of carbonyl (C=O) groups excluding carboxylic acids is 1. The van der Waals surface area contributed by atoms with Crippen molar-refractivity contribution in [2.45, 2.75) is 11.4 Å². The first-order valence-electron chi connectivity index (χ1n) is 5.96. The molecule has 1 saturated heterocycles. The Hall–Kier alpha value is -1.47. The first-order chi connectivity index (χ1) is 9.41. The van der Waals surface area contributed by atoms with Gasteiger partial charge in [0.15, 0.2) is 9.84 Å². The summed E-state index contributed by atoms with van der Waals surface area (Å²) in [6.45, 7) is 0. The van der Waals surface area contributed by atoms with Crippen molar-refractivity contribution in [3.63, 3.8) is 0 Å². The summed E-state index contributed by atoms with van der Waals surface area (Å²) in [5.41, 5.74) is 0.500. The van der Waals surface area contributed by atoms with Crippen molar-refractivity contribution < 1.29 is 17.9 Å². The summed E-state index contributed by atoms with van der Waals surface area (Å²) in [4.78, 5) is 11.9. The molecule has 1 aromatic rings. The van der Waals surface area contributed by atoms with Crippen LogP contribution in [-0.2, 0) is 9.84 Å². The van der Waals surface area contributed by atoms with E-state index in [2.05, 4.69) is 10.6 Å². The van der Waals surface area contributed by atoms with Gasteiger partial charge in [0.25, 0.3) is 0 Å². The van der Waals surface area contributed by atoms with Crippen LogP contribution >= 0.6 is 11.6 Å². The zero-order valence-electron chi connectivity index (χ0n) is 10.8. The van der Waals surface area contributed by atoms with E-state index in [9.17, 15) is 13.2 Å². The maximum absolute atomic E-state index is 11.9. The lowest BCUT2D eigenvalue weighted by Gasteiger charge is -2.16. The maximum Gasteiger partial charge on any atom is 0.319 e. The topological polar surface area (TPSA) is 84.5 Å². The molecule has 0 spiro atoms. The fourth-order valence-corrected chi connectivity index (χ4v) is 4.56. The molecule has 0 radical (unpaired) electrons. The number of hydrogen-bond donors (Lipinski definition) is 2. The summed E-state index contributed by atoms with van der Waals surface area (Å²) in [7, 11) is -1.68. The van der Waals surface area contributed by atoms with Crippen LogP contribution in [-0.4, -0.2) is 44.5 Å². The molecule has 0 saturated carbocycles. The van der Waals surface area contributed by atoms with E-state index in [0.717, 1.165) is 0 Å². The molecule has 1 aliphatic heterocycles. The van der Waals surface area contributed by atoms with Gasteiger partial charge in [0, 0.05) is 0 Å². The number of alkyl halides is 1. The predicted octanol–water partition coefficient (Wildman–Crippen LogP) is 1.22. The smallest absolute Gasteiger partial charge is 0.319 e. The maximum atomic E-state index is 11.9. The van der Waals surface area contributed by atoms with Crippen LogP contribution in [0.1, 0.15) is 0 Å². The number of amides is 2. The van der Waals surface area contributed by atoms with E-state index in [1.807, 2.05) is 0 Å². The van der Waals surface area contributed by atoms with E-state index in [1.165, 1.54) is 7.11 Å². The Kier molecular flexibility index (Phi) is 4.39. The third-order valence-electron chi connectivity index (χ3n) is 2.95. The second kappa shape index (κ2) is 5.88. The lowest BCUT2D eigenvalue weighted by atomic mass is 10.2. The first kappa shape index (κ1) is 14.9. The number of sulfone groups is 1. The zero-order valence-corrected chi connectivity index (χ0v) is 12.4. The van der Waals surface area contributed by atoms with Crippen molar-refractivity contribution in [2.24, 2.45) is 0 Å². The minimum atomic E-state index is -3.18. The lowest BCUT2D eigenvalue weighted by Crippen LogP contribution is -2.42. The Morgan fingerprint density at radius 1 is 1.35 bits per heavy atom. The average molecular weight is 319 g/mol. The second-order valence-corrected chi connectivity index (χ2v) is 7.21. The average Bonchev–Trinajstić information content (AvgIpc) is 2.62. The highest BCUT2D eigenvalue weighted by atomic mass is 35.5. The Bertz CT molecular complexity index is 605.